The van der Waals surface area contributed by atoms with Gasteiger partial charge in [-0.2, -0.15) is 0 Å². The summed E-state index contributed by atoms with van der Waals surface area (Å²) in [6.07, 6.45) is 9.17. The van der Waals surface area contributed by atoms with Crippen LogP contribution >= 0.6 is 22.6 Å². The second-order valence-corrected chi connectivity index (χ2v) is 5.40. The summed E-state index contributed by atoms with van der Waals surface area (Å²) in [6.45, 7) is 0. The maximum Gasteiger partial charge on any atom is 0.0141 e. The van der Waals surface area contributed by atoms with Gasteiger partial charge in [0.2, 0.25) is 0 Å². The Kier molecular flexibility index (Phi) is 2.21. The second kappa shape index (κ2) is 3.00. The fourth-order valence-corrected chi connectivity index (χ4v) is 3.96. The molecule has 2 saturated carbocycles. The number of fused-ring (bicyclic) bond motifs is 1. The summed E-state index contributed by atoms with van der Waals surface area (Å²) < 4.78 is 1.03. The topological polar surface area (TPSA) is 0 Å². The van der Waals surface area contributed by atoms with Crippen molar-refractivity contribution in [3.63, 3.8) is 0 Å². The van der Waals surface area contributed by atoms with Gasteiger partial charge in [-0.25, -0.2) is 0 Å². The maximum absolute atomic E-state index is 2.67. The van der Waals surface area contributed by atoms with Crippen molar-refractivity contribution in [2.75, 3.05) is 0 Å². The molecule has 1 heteroatoms. The van der Waals surface area contributed by atoms with Crippen LogP contribution in [0.1, 0.15) is 38.5 Å². The summed E-state index contributed by atoms with van der Waals surface area (Å²) in [5.74, 6) is 2.25. The Morgan fingerprint density at radius 1 is 0.900 bits per heavy atom. The molecule has 0 aromatic heterocycles. The minimum absolute atomic E-state index is 1.03. The van der Waals surface area contributed by atoms with Gasteiger partial charge in [-0.05, 0) is 31.1 Å². The molecule has 0 amide bonds. The fourth-order valence-electron chi connectivity index (χ4n) is 2.66. The molecule has 3 atom stereocenters. The van der Waals surface area contributed by atoms with Crippen LogP contribution in [0, 0.1) is 11.8 Å². The van der Waals surface area contributed by atoms with E-state index in [2.05, 4.69) is 22.6 Å². The average Bonchev–Trinajstić information content (AvgIpc) is 2.34. The molecule has 0 N–H and O–H groups in total. The molecule has 0 radical (unpaired) electrons. The highest BCUT2D eigenvalue weighted by Gasteiger charge is 2.35. The van der Waals surface area contributed by atoms with Gasteiger partial charge in [-0.3, -0.25) is 0 Å². The zero-order valence-corrected chi connectivity index (χ0v) is 8.51. The first kappa shape index (κ1) is 7.38. The van der Waals surface area contributed by atoms with Crippen molar-refractivity contribution >= 4 is 22.6 Å². The van der Waals surface area contributed by atoms with Crippen LogP contribution in [0.15, 0.2) is 0 Å². The molecule has 10 heavy (non-hydrogen) atoms. The summed E-state index contributed by atoms with van der Waals surface area (Å²) in [6, 6.07) is 0. The van der Waals surface area contributed by atoms with Crippen LogP contribution in [0.4, 0.5) is 0 Å². The molecule has 58 valence electrons. The first-order chi connectivity index (χ1) is 4.88. The molecule has 2 fully saturated rings. The van der Waals surface area contributed by atoms with Crippen molar-refractivity contribution in [3.8, 4) is 0 Å². The van der Waals surface area contributed by atoms with E-state index in [-0.39, 0.29) is 0 Å². The number of halogens is 1. The van der Waals surface area contributed by atoms with E-state index in [9.17, 15) is 0 Å². The van der Waals surface area contributed by atoms with Crippen molar-refractivity contribution < 1.29 is 0 Å². The Hall–Kier alpha value is 0.730. The van der Waals surface area contributed by atoms with Gasteiger partial charge in [-0.1, -0.05) is 41.9 Å². The fraction of sp³-hybridized carbons (Fsp3) is 1.00. The summed E-state index contributed by atoms with van der Waals surface area (Å²) in [4.78, 5) is 0. The lowest BCUT2D eigenvalue weighted by Crippen LogP contribution is -2.18. The van der Waals surface area contributed by atoms with Gasteiger partial charge in [0.15, 0.2) is 0 Å². The van der Waals surface area contributed by atoms with Crippen LogP contribution < -0.4 is 0 Å². The highest BCUT2D eigenvalue weighted by molar-refractivity contribution is 14.1. The van der Waals surface area contributed by atoms with Gasteiger partial charge < -0.3 is 0 Å². The molecule has 0 aliphatic heterocycles. The van der Waals surface area contributed by atoms with Gasteiger partial charge in [0, 0.05) is 3.92 Å². The van der Waals surface area contributed by atoms with Gasteiger partial charge in [0.25, 0.3) is 0 Å². The molecule has 3 unspecified atom stereocenters. The van der Waals surface area contributed by atoms with Gasteiger partial charge in [0.1, 0.15) is 0 Å². The zero-order chi connectivity index (χ0) is 6.97. The first-order valence-electron chi connectivity index (χ1n) is 4.52. The Labute approximate surface area is 76.9 Å². The van der Waals surface area contributed by atoms with E-state index in [0.29, 0.717) is 0 Å². The van der Waals surface area contributed by atoms with Crippen molar-refractivity contribution in [2.45, 2.75) is 42.4 Å². The minimum Gasteiger partial charge on any atom is -0.0823 e. The third-order valence-electron chi connectivity index (χ3n) is 3.25. The normalized spacial score (nSPS) is 47.1. The molecule has 0 heterocycles. The largest absolute Gasteiger partial charge is 0.0823 e. The quantitative estimate of drug-likeness (QED) is 0.456. The summed E-state index contributed by atoms with van der Waals surface area (Å²) in [5.41, 5.74) is 0. The van der Waals surface area contributed by atoms with Crippen LogP contribution in [0.3, 0.4) is 0 Å². The van der Waals surface area contributed by atoms with E-state index in [1.807, 2.05) is 0 Å². The van der Waals surface area contributed by atoms with E-state index in [0.717, 1.165) is 15.8 Å². The third kappa shape index (κ3) is 1.21. The van der Waals surface area contributed by atoms with E-state index >= 15 is 0 Å². The molecule has 0 saturated heterocycles. The van der Waals surface area contributed by atoms with Gasteiger partial charge in [0.05, 0.1) is 0 Å². The highest BCUT2D eigenvalue weighted by atomic mass is 127. The van der Waals surface area contributed by atoms with Crippen molar-refractivity contribution in [1.82, 2.24) is 0 Å². The smallest absolute Gasteiger partial charge is 0.0141 e. The lowest BCUT2D eigenvalue weighted by Gasteiger charge is -2.26. The van der Waals surface area contributed by atoms with Crippen molar-refractivity contribution in [1.29, 1.82) is 0 Å². The predicted molar refractivity (Wildman–Crippen MR) is 52.5 cm³/mol. The summed E-state index contributed by atoms with van der Waals surface area (Å²) in [7, 11) is 0. The van der Waals surface area contributed by atoms with Crippen molar-refractivity contribution in [2.24, 2.45) is 11.8 Å². The van der Waals surface area contributed by atoms with E-state index in [1.165, 1.54) is 32.1 Å². The Morgan fingerprint density at radius 2 is 1.70 bits per heavy atom. The Morgan fingerprint density at radius 3 is 2.50 bits per heavy atom. The molecule has 2 aliphatic carbocycles. The van der Waals surface area contributed by atoms with E-state index in [1.54, 1.807) is 6.42 Å². The molecule has 0 aromatic rings. The van der Waals surface area contributed by atoms with Crippen LogP contribution in [0.25, 0.3) is 0 Å². The number of alkyl halides is 1. The van der Waals surface area contributed by atoms with Crippen LogP contribution in [0.5, 0.6) is 0 Å². The van der Waals surface area contributed by atoms with Gasteiger partial charge in [-0.15, -0.1) is 0 Å². The van der Waals surface area contributed by atoms with Crippen LogP contribution in [0.2, 0.25) is 0 Å². The van der Waals surface area contributed by atoms with Crippen molar-refractivity contribution in [3.05, 3.63) is 0 Å². The maximum atomic E-state index is 2.67. The Bertz CT molecular complexity index is 120. The molecule has 0 nitrogen and oxygen atoms in total. The monoisotopic (exact) mass is 250 g/mol. The molecular weight excluding hydrogens is 235 g/mol. The molecule has 2 rings (SSSR count). The zero-order valence-electron chi connectivity index (χ0n) is 6.35. The minimum atomic E-state index is 1.03. The van der Waals surface area contributed by atoms with E-state index in [4.69, 9.17) is 0 Å². The average molecular weight is 250 g/mol. The number of rotatable bonds is 0. The van der Waals surface area contributed by atoms with Gasteiger partial charge >= 0.3 is 0 Å². The lowest BCUT2D eigenvalue weighted by molar-refractivity contribution is 0.284. The molecule has 2 aliphatic rings. The number of hydrogen-bond acceptors (Lipinski definition) is 0. The molecular formula is C9H15I. The SMILES string of the molecule is IC1CCC2CCCCC12. The highest BCUT2D eigenvalue weighted by Crippen LogP contribution is 2.45. The summed E-state index contributed by atoms with van der Waals surface area (Å²) in [5, 5.41) is 0. The molecule has 0 bridgehead atoms. The number of hydrogen-bond donors (Lipinski definition) is 0. The second-order valence-electron chi connectivity index (χ2n) is 3.80. The van der Waals surface area contributed by atoms with E-state index < -0.39 is 0 Å². The lowest BCUT2D eigenvalue weighted by atomic mass is 9.82. The first-order valence-corrected chi connectivity index (χ1v) is 5.76. The summed E-state index contributed by atoms with van der Waals surface area (Å²) >= 11 is 2.67. The standard InChI is InChI=1S/C9H15I/c10-9-6-5-7-3-1-2-4-8(7)9/h7-9H,1-6H2. The molecule has 0 aromatic carbocycles. The van der Waals surface area contributed by atoms with Crippen LogP contribution in [-0.2, 0) is 0 Å². The van der Waals surface area contributed by atoms with Crippen LogP contribution in [-0.4, -0.2) is 3.92 Å². The Balaban J connectivity index is 2.01. The third-order valence-corrected chi connectivity index (χ3v) is 4.79. The predicted octanol–water partition coefficient (Wildman–Crippen LogP) is 3.39. The molecule has 0 spiro atoms.